The van der Waals surface area contributed by atoms with Gasteiger partial charge < -0.3 is 9.55 Å². The Labute approximate surface area is 164 Å². The number of halogens is 3. The summed E-state index contributed by atoms with van der Waals surface area (Å²) in [5.74, 6) is 0.689. The molecule has 0 bridgehead atoms. The second-order valence-corrected chi connectivity index (χ2v) is 7.03. The maximum Gasteiger partial charge on any atom is 0.247 e. The lowest BCUT2D eigenvalue weighted by molar-refractivity contribution is 0.834. The summed E-state index contributed by atoms with van der Waals surface area (Å²) in [6.45, 7) is 0.503. The van der Waals surface area contributed by atoms with Crippen molar-refractivity contribution in [2.75, 3.05) is 0 Å². The quantitative estimate of drug-likeness (QED) is 0.497. The Bertz CT molecular complexity index is 1160. The molecule has 2 aromatic carbocycles. The predicted octanol–water partition coefficient (Wildman–Crippen LogP) is 5.40. The molecule has 0 saturated heterocycles. The standard InChI is InChI=1S/C19H12Cl3N3O/c20-13-4-2-1-3-12(13)10-25-17-8-15(22)14(21)7-16(17)24-19(25)11-5-6-18(26)23-9-11/h1-9H,10H2,(H,23,26). The number of hydrogen-bond acceptors (Lipinski definition) is 2. The van der Waals surface area contributed by atoms with Crippen LogP contribution >= 0.6 is 34.8 Å². The molecule has 130 valence electrons. The van der Waals surface area contributed by atoms with Gasteiger partial charge in [0.05, 0.1) is 27.6 Å². The molecule has 0 saturated carbocycles. The first kappa shape index (κ1) is 17.2. The summed E-state index contributed by atoms with van der Waals surface area (Å²) in [6.07, 6.45) is 1.63. The van der Waals surface area contributed by atoms with Crippen LogP contribution in [0.5, 0.6) is 0 Å². The van der Waals surface area contributed by atoms with Gasteiger partial charge in [-0.3, -0.25) is 4.79 Å². The number of rotatable bonds is 3. The van der Waals surface area contributed by atoms with Gasteiger partial charge in [0.25, 0.3) is 0 Å². The van der Waals surface area contributed by atoms with Gasteiger partial charge in [-0.1, -0.05) is 53.0 Å². The molecule has 2 heterocycles. The molecule has 0 radical (unpaired) electrons. The lowest BCUT2D eigenvalue weighted by Crippen LogP contribution is -2.06. The average molecular weight is 405 g/mol. The van der Waals surface area contributed by atoms with E-state index < -0.39 is 0 Å². The maximum atomic E-state index is 11.4. The largest absolute Gasteiger partial charge is 0.328 e. The summed E-state index contributed by atoms with van der Waals surface area (Å²) in [5, 5.41) is 1.56. The first-order valence-corrected chi connectivity index (χ1v) is 8.94. The molecule has 0 fully saturated rings. The number of aromatic amines is 1. The number of nitrogens with one attached hydrogen (secondary N) is 1. The van der Waals surface area contributed by atoms with E-state index in [1.54, 1.807) is 24.4 Å². The summed E-state index contributed by atoms with van der Waals surface area (Å²) in [5.41, 5.74) is 3.10. The number of imidazole rings is 1. The van der Waals surface area contributed by atoms with Crippen LogP contribution in [0.2, 0.25) is 15.1 Å². The summed E-state index contributed by atoms with van der Waals surface area (Å²) in [6, 6.07) is 14.3. The highest BCUT2D eigenvalue weighted by atomic mass is 35.5. The van der Waals surface area contributed by atoms with Gasteiger partial charge in [0, 0.05) is 22.8 Å². The Kier molecular flexibility index (Phi) is 4.49. The van der Waals surface area contributed by atoms with E-state index in [1.165, 1.54) is 6.07 Å². The van der Waals surface area contributed by atoms with Gasteiger partial charge in [-0.15, -0.1) is 0 Å². The summed E-state index contributed by atoms with van der Waals surface area (Å²) >= 11 is 18.7. The zero-order valence-corrected chi connectivity index (χ0v) is 15.6. The molecule has 0 aliphatic carbocycles. The third-order valence-electron chi connectivity index (χ3n) is 4.12. The highest BCUT2D eigenvalue weighted by Crippen LogP contribution is 2.32. The maximum absolute atomic E-state index is 11.4. The third-order valence-corrected chi connectivity index (χ3v) is 5.21. The number of fused-ring (bicyclic) bond motifs is 1. The molecule has 4 aromatic rings. The van der Waals surface area contributed by atoms with Gasteiger partial charge in [-0.25, -0.2) is 4.98 Å². The van der Waals surface area contributed by atoms with Crippen molar-refractivity contribution in [3.05, 3.63) is 85.7 Å². The van der Waals surface area contributed by atoms with Crippen LogP contribution < -0.4 is 5.56 Å². The fraction of sp³-hybridized carbons (Fsp3) is 0.0526. The first-order valence-electron chi connectivity index (χ1n) is 7.81. The van der Waals surface area contributed by atoms with Crippen LogP contribution in [0.1, 0.15) is 5.56 Å². The molecule has 7 heteroatoms. The fourth-order valence-electron chi connectivity index (χ4n) is 2.85. The van der Waals surface area contributed by atoms with Gasteiger partial charge in [0.15, 0.2) is 0 Å². The molecule has 1 N–H and O–H groups in total. The lowest BCUT2D eigenvalue weighted by atomic mass is 10.2. The molecule has 0 aliphatic rings. The topological polar surface area (TPSA) is 50.7 Å². The van der Waals surface area contributed by atoms with E-state index in [1.807, 2.05) is 28.8 Å². The minimum absolute atomic E-state index is 0.173. The number of pyridine rings is 1. The van der Waals surface area contributed by atoms with E-state index >= 15 is 0 Å². The van der Waals surface area contributed by atoms with E-state index in [0.717, 1.165) is 16.6 Å². The molecule has 0 aliphatic heterocycles. The zero-order valence-electron chi connectivity index (χ0n) is 13.3. The number of aromatic nitrogens is 3. The van der Waals surface area contributed by atoms with Gasteiger partial charge in [-0.2, -0.15) is 0 Å². The van der Waals surface area contributed by atoms with Crippen molar-refractivity contribution in [3.63, 3.8) is 0 Å². The first-order chi connectivity index (χ1) is 12.5. The van der Waals surface area contributed by atoms with Crippen LogP contribution in [0.25, 0.3) is 22.4 Å². The lowest BCUT2D eigenvalue weighted by Gasteiger charge is -2.11. The highest BCUT2D eigenvalue weighted by molar-refractivity contribution is 6.42. The minimum atomic E-state index is -0.173. The van der Waals surface area contributed by atoms with E-state index in [2.05, 4.69) is 4.98 Å². The predicted molar refractivity (Wildman–Crippen MR) is 106 cm³/mol. The molecule has 0 amide bonds. The van der Waals surface area contributed by atoms with Crippen molar-refractivity contribution < 1.29 is 0 Å². The van der Waals surface area contributed by atoms with E-state index in [4.69, 9.17) is 39.8 Å². The Balaban J connectivity index is 1.96. The molecule has 0 spiro atoms. The number of hydrogen-bond donors (Lipinski definition) is 1. The monoisotopic (exact) mass is 403 g/mol. The van der Waals surface area contributed by atoms with Crippen LogP contribution in [0.15, 0.2) is 59.5 Å². The summed E-state index contributed by atoms with van der Waals surface area (Å²) in [4.78, 5) is 18.8. The van der Waals surface area contributed by atoms with E-state index in [9.17, 15) is 4.79 Å². The minimum Gasteiger partial charge on any atom is -0.328 e. The average Bonchev–Trinajstić information content (AvgIpc) is 2.95. The summed E-state index contributed by atoms with van der Waals surface area (Å²) < 4.78 is 2.01. The van der Waals surface area contributed by atoms with Crippen LogP contribution in [0, 0.1) is 0 Å². The van der Waals surface area contributed by atoms with E-state index in [-0.39, 0.29) is 5.56 Å². The van der Waals surface area contributed by atoms with Crippen molar-refractivity contribution in [3.8, 4) is 11.4 Å². The fourth-order valence-corrected chi connectivity index (χ4v) is 3.36. The molecular formula is C19H12Cl3N3O. The van der Waals surface area contributed by atoms with Crippen LogP contribution in [-0.2, 0) is 6.54 Å². The normalized spacial score (nSPS) is 11.2. The molecule has 4 nitrogen and oxygen atoms in total. The van der Waals surface area contributed by atoms with Crippen molar-refractivity contribution in [2.24, 2.45) is 0 Å². The Morgan fingerprint density at radius 1 is 0.962 bits per heavy atom. The second-order valence-electron chi connectivity index (χ2n) is 5.81. The van der Waals surface area contributed by atoms with Crippen molar-refractivity contribution in [1.82, 2.24) is 14.5 Å². The second kappa shape index (κ2) is 6.80. The molecule has 0 unspecified atom stereocenters. The van der Waals surface area contributed by atoms with Crippen molar-refractivity contribution >= 4 is 45.8 Å². The van der Waals surface area contributed by atoms with Gasteiger partial charge >= 0.3 is 0 Å². The van der Waals surface area contributed by atoms with Crippen molar-refractivity contribution in [1.29, 1.82) is 0 Å². The Hall–Kier alpha value is -2.27. The van der Waals surface area contributed by atoms with Crippen LogP contribution in [-0.4, -0.2) is 14.5 Å². The molecule has 26 heavy (non-hydrogen) atoms. The Morgan fingerprint density at radius 2 is 1.73 bits per heavy atom. The van der Waals surface area contributed by atoms with Crippen molar-refractivity contribution in [2.45, 2.75) is 6.54 Å². The van der Waals surface area contributed by atoms with Gasteiger partial charge in [0.1, 0.15) is 5.82 Å². The number of H-pyrrole nitrogens is 1. The molecule has 4 rings (SSSR count). The third kappa shape index (κ3) is 3.12. The van der Waals surface area contributed by atoms with Crippen LogP contribution in [0.3, 0.4) is 0 Å². The molecular weight excluding hydrogens is 393 g/mol. The molecule has 2 aromatic heterocycles. The smallest absolute Gasteiger partial charge is 0.247 e. The summed E-state index contributed by atoms with van der Waals surface area (Å²) in [7, 11) is 0. The number of benzene rings is 2. The van der Waals surface area contributed by atoms with Gasteiger partial charge in [0.2, 0.25) is 5.56 Å². The zero-order chi connectivity index (χ0) is 18.3. The van der Waals surface area contributed by atoms with Crippen LogP contribution in [0.4, 0.5) is 0 Å². The van der Waals surface area contributed by atoms with Gasteiger partial charge in [-0.05, 0) is 29.8 Å². The highest BCUT2D eigenvalue weighted by Gasteiger charge is 2.16. The molecule has 0 atom stereocenters. The number of nitrogens with zero attached hydrogens (tertiary/aromatic N) is 2. The SMILES string of the molecule is O=c1ccc(-c2nc3cc(Cl)c(Cl)cc3n2Cc2ccccc2Cl)c[nH]1. The van der Waals surface area contributed by atoms with E-state index in [0.29, 0.717) is 33.0 Å². The Morgan fingerprint density at radius 3 is 2.46 bits per heavy atom.